The lowest BCUT2D eigenvalue weighted by Crippen LogP contribution is -2.38. The predicted octanol–water partition coefficient (Wildman–Crippen LogP) is 2.98. The van der Waals surface area contributed by atoms with Crippen molar-refractivity contribution in [2.24, 2.45) is 11.3 Å². The number of hydrogen-bond acceptors (Lipinski definition) is 4. The van der Waals surface area contributed by atoms with E-state index in [2.05, 4.69) is 10.6 Å². The molecule has 2 atom stereocenters. The van der Waals surface area contributed by atoms with Crippen LogP contribution in [-0.2, 0) is 11.3 Å². The number of nitrogens with one attached hydrogen (secondary N) is 2. The molecule has 7 nitrogen and oxygen atoms in total. The van der Waals surface area contributed by atoms with E-state index < -0.39 is 0 Å². The second-order valence-corrected chi connectivity index (χ2v) is 7.99. The minimum atomic E-state index is -0.0789. The van der Waals surface area contributed by atoms with Crippen LogP contribution in [-0.4, -0.2) is 36.7 Å². The minimum Gasteiger partial charge on any atom is -0.454 e. The lowest BCUT2D eigenvalue weighted by molar-refractivity contribution is -0.118. The van der Waals surface area contributed by atoms with Gasteiger partial charge in [-0.25, -0.2) is 4.79 Å². The van der Waals surface area contributed by atoms with Gasteiger partial charge >= 0.3 is 6.03 Å². The summed E-state index contributed by atoms with van der Waals surface area (Å²) in [5, 5.41) is 5.96. The summed E-state index contributed by atoms with van der Waals surface area (Å²) in [6, 6.07) is 15.2. The van der Waals surface area contributed by atoms with Crippen LogP contribution in [0.25, 0.3) is 0 Å². The van der Waals surface area contributed by atoms with E-state index >= 15 is 0 Å². The maximum atomic E-state index is 12.7. The molecule has 0 radical (unpaired) electrons. The average Bonchev–Trinajstić information content (AvgIpc) is 3.04. The molecule has 0 aromatic heterocycles. The summed E-state index contributed by atoms with van der Waals surface area (Å²) in [6.07, 6.45) is 1.69. The zero-order valence-electron chi connectivity index (χ0n) is 16.0. The molecule has 2 unspecified atom stereocenters. The van der Waals surface area contributed by atoms with Crippen molar-refractivity contribution in [3.05, 3.63) is 54.1 Å². The topological polar surface area (TPSA) is 79.9 Å². The van der Waals surface area contributed by atoms with Crippen molar-refractivity contribution in [3.63, 3.8) is 0 Å². The third kappa shape index (κ3) is 3.48. The van der Waals surface area contributed by atoms with Crippen molar-refractivity contribution in [1.82, 2.24) is 10.2 Å². The number of nitrogens with zero attached hydrogens (tertiary/aromatic N) is 1. The molecule has 2 aromatic rings. The lowest BCUT2D eigenvalue weighted by atomic mass is 10.0. The molecular weight excluding hydrogens is 370 g/mol. The number of hydrogen-bond donors (Lipinski definition) is 2. The van der Waals surface area contributed by atoms with Gasteiger partial charge in [0.2, 0.25) is 12.7 Å². The number of amides is 3. The summed E-state index contributed by atoms with van der Waals surface area (Å²) in [5.41, 5.74) is 1.70. The van der Waals surface area contributed by atoms with Crippen molar-refractivity contribution in [2.75, 3.05) is 25.2 Å². The molecule has 1 spiro atoms. The number of carbonyl (C=O) groups excluding carboxylic acids is 2. The van der Waals surface area contributed by atoms with E-state index in [4.69, 9.17) is 9.47 Å². The van der Waals surface area contributed by atoms with E-state index in [0.29, 0.717) is 36.8 Å². The van der Waals surface area contributed by atoms with Gasteiger partial charge in [0, 0.05) is 42.7 Å². The van der Waals surface area contributed by atoms with Crippen molar-refractivity contribution in [1.29, 1.82) is 0 Å². The first-order valence-electron chi connectivity index (χ1n) is 9.90. The lowest BCUT2D eigenvalue weighted by Gasteiger charge is -2.17. The minimum absolute atomic E-state index is 0.00964. The monoisotopic (exact) mass is 393 g/mol. The molecule has 2 aromatic carbocycles. The van der Waals surface area contributed by atoms with Gasteiger partial charge in [-0.15, -0.1) is 0 Å². The second-order valence-electron chi connectivity index (χ2n) is 7.99. The summed E-state index contributed by atoms with van der Waals surface area (Å²) in [7, 11) is 0. The number of fused-ring (bicyclic) bond motifs is 1. The number of benzene rings is 2. The Morgan fingerprint density at radius 2 is 1.93 bits per heavy atom. The molecule has 150 valence electrons. The highest BCUT2D eigenvalue weighted by atomic mass is 16.7. The van der Waals surface area contributed by atoms with Crippen LogP contribution in [0.1, 0.15) is 18.4 Å². The SMILES string of the molecule is O=C(Nc1ccc2c(c1)OCO2)C1CC12CCN(C(=O)NCc1ccccc1)C2. The van der Waals surface area contributed by atoms with Crippen molar-refractivity contribution >= 4 is 17.6 Å². The van der Waals surface area contributed by atoms with Gasteiger partial charge in [-0.3, -0.25) is 4.79 Å². The molecule has 3 aliphatic rings. The van der Waals surface area contributed by atoms with E-state index in [1.165, 1.54) is 0 Å². The van der Waals surface area contributed by atoms with Crippen LogP contribution >= 0.6 is 0 Å². The van der Waals surface area contributed by atoms with E-state index in [0.717, 1.165) is 18.4 Å². The Hall–Kier alpha value is -3.22. The smallest absolute Gasteiger partial charge is 0.317 e. The van der Waals surface area contributed by atoms with Crippen molar-refractivity contribution in [3.8, 4) is 11.5 Å². The first-order valence-corrected chi connectivity index (χ1v) is 9.90. The molecule has 1 saturated heterocycles. The number of anilines is 1. The molecule has 29 heavy (non-hydrogen) atoms. The van der Waals surface area contributed by atoms with Crippen LogP contribution in [0.2, 0.25) is 0 Å². The number of carbonyl (C=O) groups is 2. The summed E-state index contributed by atoms with van der Waals surface area (Å²) in [5.74, 6) is 1.30. The second kappa shape index (κ2) is 6.99. The fraction of sp³-hybridized carbons (Fsp3) is 0.364. The van der Waals surface area contributed by atoms with Crippen LogP contribution in [0.3, 0.4) is 0 Å². The van der Waals surface area contributed by atoms with Crippen LogP contribution in [0.4, 0.5) is 10.5 Å². The summed E-state index contributed by atoms with van der Waals surface area (Å²) in [6.45, 7) is 2.04. The van der Waals surface area contributed by atoms with Crippen LogP contribution in [0, 0.1) is 11.3 Å². The first kappa shape index (κ1) is 17.8. The Bertz CT molecular complexity index is 948. The summed E-state index contributed by atoms with van der Waals surface area (Å²) >= 11 is 0. The highest BCUT2D eigenvalue weighted by Gasteiger charge is 2.61. The van der Waals surface area contributed by atoms with Gasteiger partial charge in [-0.1, -0.05) is 30.3 Å². The molecule has 1 aliphatic carbocycles. The normalized spacial score (nSPS) is 23.9. The zero-order chi connectivity index (χ0) is 19.8. The van der Waals surface area contributed by atoms with Gasteiger partial charge in [0.1, 0.15) is 0 Å². The van der Waals surface area contributed by atoms with E-state index in [1.54, 1.807) is 12.1 Å². The van der Waals surface area contributed by atoms with E-state index in [-0.39, 0.29) is 30.1 Å². The van der Waals surface area contributed by atoms with Gasteiger partial charge in [-0.2, -0.15) is 0 Å². The van der Waals surface area contributed by atoms with E-state index in [1.807, 2.05) is 41.3 Å². The highest BCUT2D eigenvalue weighted by Crippen LogP contribution is 2.58. The first-order chi connectivity index (χ1) is 14.1. The number of rotatable bonds is 4. The molecule has 3 amide bonds. The molecule has 5 rings (SSSR count). The van der Waals surface area contributed by atoms with E-state index in [9.17, 15) is 9.59 Å². The Morgan fingerprint density at radius 1 is 1.10 bits per heavy atom. The predicted molar refractivity (Wildman–Crippen MR) is 107 cm³/mol. The maximum absolute atomic E-state index is 12.7. The molecule has 2 N–H and O–H groups in total. The standard InChI is InChI=1S/C22H23N3O4/c26-20(24-16-6-7-18-19(10-16)29-14-28-18)17-11-22(17)8-9-25(13-22)21(27)23-12-15-4-2-1-3-5-15/h1-7,10,17H,8-9,11-14H2,(H,23,27)(H,24,26). The highest BCUT2D eigenvalue weighted by molar-refractivity contribution is 5.95. The van der Waals surface area contributed by atoms with Crippen LogP contribution < -0.4 is 20.1 Å². The number of urea groups is 1. The summed E-state index contributed by atoms with van der Waals surface area (Å²) in [4.78, 5) is 27.0. The average molecular weight is 393 g/mol. The van der Waals surface area contributed by atoms with Gasteiger partial charge in [0.05, 0.1) is 0 Å². The Kier molecular flexibility index (Phi) is 4.30. The third-order valence-electron chi connectivity index (χ3n) is 6.11. The van der Waals surface area contributed by atoms with Gasteiger partial charge in [0.15, 0.2) is 11.5 Å². The molecule has 2 heterocycles. The summed E-state index contributed by atoms with van der Waals surface area (Å²) < 4.78 is 10.7. The van der Waals surface area contributed by atoms with Crippen LogP contribution in [0.15, 0.2) is 48.5 Å². The third-order valence-corrected chi connectivity index (χ3v) is 6.11. The van der Waals surface area contributed by atoms with Gasteiger partial charge in [0.25, 0.3) is 0 Å². The fourth-order valence-corrected chi connectivity index (χ4v) is 4.33. The zero-order valence-corrected chi connectivity index (χ0v) is 16.0. The molecule has 0 bridgehead atoms. The van der Waals surface area contributed by atoms with Crippen LogP contribution in [0.5, 0.6) is 11.5 Å². The number of likely N-dealkylation sites (tertiary alicyclic amines) is 1. The Balaban J connectivity index is 1.14. The fourth-order valence-electron chi connectivity index (χ4n) is 4.33. The Morgan fingerprint density at radius 3 is 2.79 bits per heavy atom. The Labute approximate surface area is 169 Å². The van der Waals surface area contributed by atoms with Gasteiger partial charge < -0.3 is 25.0 Å². The number of ether oxygens (including phenoxy) is 2. The molecule has 2 aliphatic heterocycles. The maximum Gasteiger partial charge on any atom is 0.317 e. The largest absolute Gasteiger partial charge is 0.454 e. The van der Waals surface area contributed by atoms with Gasteiger partial charge in [-0.05, 0) is 30.5 Å². The quantitative estimate of drug-likeness (QED) is 0.837. The molecule has 1 saturated carbocycles. The van der Waals surface area contributed by atoms with Crippen molar-refractivity contribution in [2.45, 2.75) is 19.4 Å². The molecular formula is C22H23N3O4. The molecule has 2 fully saturated rings. The van der Waals surface area contributed by atoms with Crippen molar-refractivity contribution < 1.29 is 19.1 Å². The molecule has 7 heteroatoms.